The lowest BCUT2D eigenvalue weighted by Gasteiger charge is -2.28. The Morgan fingerprint density at radius 2 is 2.03 bits per heavy atom. The van der Waals surface area contributed by atoms with Crippen LogP contribution in [0.15, 0.2) is 69.2 Å². The van der Waals surface area contributed by atoms with Gasteiger partial charge < -0.3 is 19.5 Å². The Labute approximate surface area is 177 Å². The summed E-state index contributed by atoms with van der Waals surface area (Å²) >= 11 is 0. The van der Waals surface area contributed by atoms with Crippen LogP contribution >= 0.6 is 0 Å². The van der Waals surface area contributed by atoms with E-state index in [1.165, 1.54) is 12.1 Å². The Morgan fingerprint density at radius 3 is 2.74 bits per heavy atom. The minimum Gasteiger partial charge on any atom is -0.444 e. The fraction of sp³-hybridized carbons (Fsp3) is 0.200. The second-order valence-corrected chi connectivity index (χ2v) is 8.58. The van der Waals surface area contributed by atoms with Gasteiger partial charge in [-0.1, -0.05) is 35.5 Å². The van der Waals surface area contributed by atoms with E-state index in [1.54, 1.807) is 54.4 Å². The molecule has 2 aliphatic heterocycles. The maximum atomic E-state index is 13.0. The van der Waals surface area contributed by atoms with Gasteiger partial charge in [-0.05, 0) is 19.1 Å². The van der Waals surface area contributed by atoms with Crippen molar-refractivity contribution in [2.75, 3.05) is 17.6 Å². The second kappa shape index (κ2) is 8.19. The van der Waals surface area contributed by atoms with Crippen LogP contribution in [0.5, 0.6) is 0 Å². The van der Waals surface area contributed by atoms with Crippen molar-refractivity contribution in [3.05, 3.63) is 71.6 Å². The molecule has 1 amide bonds. The number of esters is 1. The molecule has 1 atom stereocenters. The fourth-order valence-corrected chi connectivity index (χ4v) is 4.05. The van der Waals surface area contributed by atoms with E-state index in [4.69, 9.17) is 9.26 Å². The molecule has 3 heterocycles. The average Bonchev–Trinajstić information content (AvgIpc) is 3.15. The monoisotopic (exact) mass is 442 g/mol. The third kappa shape index (κ3) is 4.56. The number of rotatable bonds is 5. The number of hydrogen-bond donors (Lipinski definition) is 1. The number of ether oxygens (including phenoxy) is 1. The number of nitrogens with zero attached hydrogens (tertiary/aromatic N) is 3. The summed E-state index contributed by atoms with van der Waals surface area (Å²) in [5.74, 6) is -1.04. The highest BCUT2D eigenvalue weighted by atomic mass is 32.2. The van der Waals surface area contributed by atoms with Crippen molar-refractivity contribution in [2.24, 2.45) is 4.40 Å². The molecule has 1 aromatic carbocycles. The van der Waals surface area contributed by atoms with E-state index in [-0.39, 0.29) is 29.5 Å². The zero-order valence-electron chi connectivity index (χ0n) is 16.4. The summed E-state index contributed by atoms with van der Waals surface area (Å²) in [6, 6.07) is 9.95. The minimum atomic E-state index is -3.69. The highest BCUT2D eigenvalue weighted by Gasteiger charge is 2.34. The number of aromatic nitrogens is 1. The van der Waals surface area contributed by atoms with Crippen molar-refractivity contribution in [2.45, 2.75) is 13.0 Å². The summed E-state index contributed by atoms with van der Waals surface area (Å²) in [4.78, 5) is 27.4. The summed E-state index contributed by atoms with van der Waals surface area (Å²) in [7, 11) is -3.69. The van der Waals surface area contributed by atoms with Crippen molar-refractivity contribution in [3.63, 3.8) is 0 Å². The fourth-order valence-electron chi connectivity index (χ4n) is 3.06. The van der Waals surface area contributed by atoms with Crippen molar-refractivity contribution < 1.29 is 27.3 Å². The molecule has 0 aliphatic carbocycles. The van der Waals surface area contributed by atoms with Gasteiger partial charge in [0.05, 0.1) is 5.75 Å². The van der Waals surface area contributed by atoms with Gasteiger partial charge in [-0.15, -0.1) is 4.40 Å². The molecule has 31 heavy (non-hydrogen) atoms. The SMILES string of the molecule is Cc1cc(NC(=O)[C@@H](OC(=O)C2=CC=CN3CCS(=O)(=O)N=C23)c2ccccc2)no1. The number of amidine groups is 1. The van der Waals surface area contributed by atoms with Gasteiger partial charge in [-0.2, -0.15) is 0 Å². The van der Waals surface area contributed by atoms with E-state index in [0.717, 1.165) is 0 Å². The maximum Gasteiger partial charge on any atom is 0.343 e. The molecule has 2 aliphatic rings. The lowest BCUT2D eigenvalue weighted by atomic mass is 10.1. The molecule has 1 aromatic heterocycles. The summed E-state index contributed by atoms with van der Waals surface area (Å²) in [5, 5.41) is 6.26. The number of carbonyl (C=O) groups is 2. The van der Waals surface area contributed by atoms with Crippen LogP contribution in [0.2, 0.25) is 0 Å². The highest BCUT2D eigenvalue weighted by Crippen LogP contribution is 2.24. The Bertz CT molecular complexity index is 1210. The molecule has 10 nitrogen and oxygen atoms in total. The lowest BCUT2D eigenvalue weighted by Crippen LogP contribution is -2.40. The molecule has 0 saturated carbocycles. The molecule has 160 valence electrons. The number of aryl methyl sites for hydroxylation is 1. The first-order chi connectivity index (χ1) is 14.8. The number of carbonyl (C=O) groups excluding carboxylic acids is 2. The van der Waals surface area contributed by atoms with Crippen LogP contribution in [0.4, 0.5) is 5.82 Å². The largest absolute Gasteiger partial charge is 0.444 e. The van der Waals surface area contributed by atoms with Gasteiger partial charge in [-0.25, -0.2) is 13.2 Å². The number of allylic oxidation sites excluding steroid dienone is 2. The molecule has 0 spiro atoms. The van der Waals surface area contributed by atoms with Crippen molar-refractivity contribution >= 4 is 33.6 Å². The van der Waals surface area contributed by atoms with E-state index in [9.17, 15) is 18.0 Å². The number of sulfonamides is 1. The first-order valence-corrected chi connectivity index (χ1v) is 10.9. The second-order valence-electron chi connectivity index (χ2n) is 6.82. The van der Waals surface area contributed by atoms with Gasteiger partial charge in [0, 0.05) is 24.4 Å². The first-order valence-electron chi connectivity index (χ1n) is 9.31. The highest BCUT2D eigenvalue weighted by molar-refractivity contribution is 7.90. The molecule has 0 unspecified atom stereocenters. The van der Waals surface area contributed by atoms with E-state index in [0.29, 0.717) is 11.3 Å². The summed E-state index contributed by atoms with van der Waals surface area (Å²) < 4.78 is 38.0. The van der Waals surface area contributed by atoms with E-state index < -0.39 is 28.0 Å². The third-order valence-corrected chi connectivity index (χ3v) is 5.67. The summed E-state index contributed by atoms with van der Waals surface area (Å²) in [5.41, 5.74) is 0.368. The van der Waals surface area contributed by atoms with Gasteiger partial charge >= 0.3 is 5.97 Å². The molecule has 0 saturated heterocycles. The summed E-state index contributed by atoms with van der Waals surface area (Å²) in [6.07, 6.45) is 3.30. The smallest absolute Gasteiger partial charge is 0.343 e. The lowest BCUT2D eigenvalue weighted by molar-refractivity contribution is -0.150. The topological polar surface area (TPSA) is 131 Å². The summed E-state index contributed by atoms with van der Waals surface area (Å²) in [6.45, 7) is 1.83. The van der Waals surface area contributed by atoms with Crippen LogP contribution in [0, 0.1) is 6.92 Å². The van der Waals surface area contributed by atoms with E-state index >= 15 is 0 Å². The van der Waals surface area contributed by atoms with Gasteiger partial charge in [0.1, 0.15) is 11.3 Å². The molecular formula is C20H18N4O6S. The number of hydrogen-bond acceptors (Lipinski definition) is 8. The Kier molecular flexibility index (Phi) is 5.42. The maximum absolute atomic E-state index is 13.0. The first kappa shape index (κ1) is 20.5. The minimum absolute atomic E-state index is 0.0295. The van der Waals surface area contributed by atoms with E-state index in [1.807, 2.05) is 0 Å². The molecule has 0 radical (unpaired) electrons. The molecule has 0 bridgehead atoms. The predicted molar refractivity (Wildman–Crippen MR) is 110 cm³/mol. The van der Waals surface area contributed by atoms with Crippen LogP contribution in [-0.4, -0.2) is 48.5 Å². The zero-order chi connectivity index (χ0) is 22.0. The van der Waals surface area contributed by atoms with Gasteiger partial charge in [-0.3, -0.25) is 4.79 Å². The number of fused-ring (bicyclic) bond motifs is 1. The van der Waals surface area contributed by atoms with Gasteiger partial charge in [0.2, 0.25) is 6.10 Å². The normalized spacial score (nSPS) is 17.8. The molecular weight excluding hydrogens is 424 g/mol. The number of anilines is 1. The van der Waals surface area contributed by atoms with Crippen LogP contribution in [0.1, 0.15) is 17.4 Å². The van der Waals surface area contributed by atoms with Crippen LogP contribution < -0.4 is 5.32 Å². The Balaban J connectivity index is 1.61. The molecule has 0 fully saturated rings. The number of benzene rings is 1. The predicted octanol–water partition coefficient (Wildman–Crippen LogP) is 1.70. The van der Waals surface area contributed by atoms with Crippen molar-refractivity contribution in [3.8, 4) is 0 Å². The Hall–Kier alpha value is -3.73. The van der Waals surface area contributed by atoms with Crippen LogP contribution in [0.3, 0.4) is 0 Å². The number of amides is 1. The quantitative estimate of drug-likeness (QED) is 0.693. The van der Waals surface area contributed by atoms with Crippen LogP contribution in [-0.2, 0) is 24.3 Å². The van der Waals surface area contributed by atoms with Gasteiger partial charge in [0.15, 0.2) is 11.7 Å². The standard InChI is InChI=1S/C20H18N4O6S/c1-13-12-16(22-30-13)21-19(25)17(14-6-3-2-4-7-14)29-20(26)15-8-5-9-24-10-11-31(27,28)23-18(15)24/h2-9,12,17H,10-11H2,1H3,(H,21,22,25)/t17-/m0/s1. The Morgan fingerprint density at radius 1 is 1.26 bits per heavy atom. The molecule has 4 rings (SSSR count). The van der Waals surface area contributed by atoms with Crippen molar-refractivity contribution in [1.82, 2.24) is 10.1 Å². The molecule has 1 N–H and O–H groups in total. The zero-order valence-corrected chi connectivity index (χ0v) is 17.2. The molecule has 2 aromatic rings. The third-order valence-electron chi connectivity index (χ3n) is 4.52. The van der Waals surface area contributed by atoms with E-state index in [2.05, 4.69) is 14.9 Å². The number of nitrogens with one attached hydrogen (secondary N) is 1. The van der Waals surface area contributed by atoms with Crippen LogP contribution in [0.25, 0.3) is 0 Å². The average molecular weight is 442 g/mol. The van der Waals surface area contributed by atoms with Crippen molar-refractivity contribution in [1.29, 1.82) is 0 Å². The van der Waals surface area contributed by atoms with Gasteiger partial charge in [0.25, 0.3) is 15.9 Å². The molecule has 11 heteroatoms.